The summed E-state index contributed by atoms with van der Waals surface area (Å²) in [5.74, 6) is 3.49. The van der Waals surface area contributed by atoms with Crippen molar-refractivity contribution in [3.63, 3.8) is 0 Å². The normalized spacial score (nSPS) is 8.60. The van der Waals surface area contributed by atoms with E-state index in [1.807, 2.05) is 22.6 Å². The number of rotatable bonds is 1. The Hall–Kier alpha value is -0.640. The maximum atomic E-state index is 3.94. The molecule has 0 aliphatic rings. The second-order valence-corrected chi connectivity index (χ2v) is 2.18. The topological polar surface area (TPSA) is 43.6 Å². The zero-order valence-electron chi connectivity index (χ0n) is 5.37. The van der Waals surface area contributed by atoms with Crippen molar-refractivity contribution >= 4 is 22.6 Å². The second-order valence-electron chi connectivity index (χ2n) is 1.64. The van der Waals surface area contributed by atoms with Gasteiger partial charge in [-0.2, -0.15) is 4.80 Å². The van der Waals surface area contributed by atoms with Crippen molar-refractivity contribution in [1.29, 1.82) is 0 Å². The fraction of sp³-hybridized carbons (Fsp3) is 0.400. The van der Waals surface area contributed by atoms with Gasteiger partial charge in [-0.3, -0.25) is 0 Å². The Morgan fingerprint density at radius 1 is 1.70 bits per heavy atom. The van der Waals surface area contributed by atoms with Crippen molar-refractivity contribution in [2.45, 2.75) is 13.5 Å². The molecule has 1 rings (SSSR count). The molecule has 0 spiro atoms. The molecule has 1 aromatic rings. The summed E-state index contributed by atoms with van der Waals surface area (Å²) in [5, 5.41) is 11.3. The molecule has 0 saturated heterocycles. The van der Waals surface area contributed by atoms with Crippen molar-refractivity contribution in [3.05, 3.63) is 5.82 Å². The van der Waals surface area contributed by atoms with E-state index in [1.54, 1.807) is 6.92 Å². The summed E-state index contributed by atoms with van der Waals surface area (Å²) in [6.07, 6.45) is 0. The van der Waals surface area contributed by atoms with E-state index in [-0.39, 0.29) is 0 Å². The molecule has 0 atom stereocenters. The van der Waals surface area contributed by atoms with Gasteiger partial charge in [0.15, 0.2) is 5.82 Å². The maximum Gasteiger partial charge on any atom is 0.171 e. The third-order valence-corrected chi connectivity index (χ3v) is 1.22. The molecular weight excluding hydrogens is 243 g/mol. The minimum absolute atomic E-state index is 0.518. The minimum atomic E-state index is 0.518. The Labute approximate surface area is 72.1 Å². The average Bonchev–Trinajstić information content (AvgIpc) is 2.31. The van der Waals surface area contributed by atoms with Gasteiger partial charge in [0.05, 0.1) is 0 Å². The molecule has 0 bridgehead atoms. The Bertz CT molecular complexity index is 269. The van der Waals surface area contributed by atoms with Crippen LogP contribution in [0.15, 0.2) is 0 Å². The number of aryl methyl sites for hydroxylation is 1. The highest BCUT2D eigenvalue weighted by Crippen LogP contribution is 1.80. The lowest BCUT2D eigenvalue weighted by Crippen LogP contribution is -1.99. The first-order chi connectivity index (χ1) is 4.83. The number of nitrogens with zero attached hydrogens (tertiary/aromatic N) is 4. The molecule has 5 heteroatoms. The molecule has 0 aromatic carbocycles. The molecule has 1 aromatic heterocycles. The largest absolute Gasteiger partial charge is 0.171 e. The van der Waals surface area contributed by atoms with Crippen LogP contribution in [0.2, 0.25) is 0 Å². The van der Waals surface area contributed by atoms with E-state index in [0.717, 1.165) is 0 Å². The van der Waals surface area contributed by atoms with Gasteiger partial charge in [0.1, 0.15) is 6.54 Å². The zero-order chi connectivity index (χ0) is 7.40. The summed E-state index contributed by atoms with van der Waals surface area (Å²) in [6.45, 7) is 2.31. The van der Waals surface area contributed by atoms with Gasteiger partial charge >= 0.3 is 0 Å². The summed E-state index contributed by atoms with van der Waals surface area (Å²) < 4.78 is 2.72. The SMILES string of the molecule is Cc1nnn(CC#CI)n1. The van der Waals surface area contributed by atoms with Gasteiger partial charge in [-0.15, -0.1) is 10.2 Å². The van der Waals surface area contributed by atoms with Gasteiger partial charge in [0.25, 0.3) is 0 Å². The summed E-state index contributed by atoms with van der Waals surface area (Å²) in [4.78, 5) is 1.46. The first-order valence-corrected chi connectivity index (χ1v) is 3.73. The standard InChI is InChI=1S/C5H5IN4/c1-5-7-9-10(8-5)4-2-3-6/h4H2,1H3. The van der Waals surface area contributed by atoms with Crippen molar-refractivity contribution < 1.29 is 0 Å². The zero-order valence-corrected chi connectivity index (χ0v) is 7.53. The van der Waals surface area contributed by atoms with Crippen LogP contribution in [0.25, 0.3) is 0 Å². The van der Waals surface area contributed by atoms with E-state index in [0.29, 0.717) is 12.4 Å². The van der Waals surface area contributed by atoms with Crippen LogP contribution in [-0.4, -0.2) is 20.2 Å². The number of halogens is 1. The van der Waals surface area contributed by atoms with Gasteiger partial charge in [0.2, 0.25) is 0 Å². The molecule has 0 aliphatic carbocycles. The van der Waals surface area contributed by atoms with E-state index in [4.69, 9.17) is 0 Å². The molecule has 4 nitrogen and oxygen atoms in total. The van der Waals surface area contributed by atoms with Crippen LogP contribution in [0.5, 0.6) is 0 Å². The minimum Gasteiger partial charge on any atom is -0.152 e. The highest BCUT2D eigenvalue weighted by molar-refractivity contribution is 14.1. The van der Waals surface area contributed by atoms with Crippen LogP contribution < -0.4 is 0 Å². The predicted molar refractivity (Wildman–Crippen MR) is 44.4 cm³/mol. The van der Waals surface area contributed by atoms with Crippen molar-refractivity contribution in [3.8, 4) is 9.85 Å². The molecule has 0 N–H and O–H groups in total. The van der Waals surface area contributed by atoms with Crippen molar-refractivity contribution in [2.75, 3.05) is 0 Å². The lowest BCUT2D eigenvalue weighted by molar-refractivity contribution is 0.591. The van der Waals surface area contributed by atoms with Crippen LogP contribution in [0, 0.1) is 16.8 Å². The van der Waals surface area contributed by atoms with E-state index in [2.05, 4.69) is 25.3 Å². The van der Waals surface area contributed by atoms with Crippen LogP contribution in [0.4, 0.5) is 0 Å². The van der Waals surface area contributed by atoms with Crippen LogP contribution in [-0.2, 0) is 6.54 Å². The van der Waals surface area contributed by atoms with Crippen molar-refractivity contribution in [2.24, 2.45) is 0 Å². The molecule has 52 valence electrons. The molecule has 0 fully saturated rings. The number of hydrogen-bond acceptors (Lipinski definition) is 3. The van der Waals surface area contributed by atoms with Crippen LogP contribution >= 0.6 is 22.6 Å². The molecule has 0 radical (unpaired) electrons. The molecule has 0 saturated carbocycles. The summed E-state index contributed by atoms with van der Waals surface area (Å²) in [7, 11) is 0. The fourth-order valence-corrected chi connectivity index (χ4v) is 0.662. The highest BCUT2D eigenvalue weighted by atomic mass is 127. The molecule has 1 heterocycles. The molecule has 0 aliphatic heterocycles. The number of hydrogen-bond donors (Lipinski definition) is 0. The van der Waals surface area contributed by atoms with Gasteiger partial charge in [0, 0.05) is 22.6 Å². The molecule has 0 amide bonds. The van der Waals surface area contributed by atoms with Gasteiger partial charge in [-0.1, -0.05) is 5.92 Å². The summed E-state index contributed by atoms with van der Waals surface area (Å²) >= 11 is 1.97. The Morgan fingerprint density at radius 3 is 3.00 bits per heavy atom. The molecule has 0 unspecified atom stereocenters. The van der Waals surface area contributed by atoms with Crippen LogP contribution in [0.3, 0.4) is 0 Å². The average molecular weight is 248 g/mol. The lowest BCUT2D eigenvalue weighted by atomic mass is 10.7. The Morgan fingerprint density at radius 2 is 2.50 bits per heavy atom. The smallest absolute Gasteiger partial charge is 0.152 e. The van der Waals surface area contributed by atoms with Gasteiger partial charge in [-0.25, -0.2) is 0 Å². The van der Waals surface area contributed by atoms with E-state index in [9.17, 15) is 0 Å². The maximum absolute atomic E-state index is 3.94. The monoisotopic (exact) mass is 248 g/mol. The quantitative estimate of drug-likeness (QED) is 0.533. The summed E-state index contributed by atoms with van der Waals surface area (Å²) in [5.41, 5.74) is 0. The van der Waals surface area contributed by atoms with E-state index < -0.39 is 0 Å². The van der Waals surface area contributed by atoms with Crippen molar-refractivity contribution in [1.82, 2.24) is 20.2 Å². The second kappa shape index (κ2) is 3.51. The number of tetrazole rings is 1. The highest BCUT2D eigenvalue weighted by Gasteiger charge is 1.91. The third kappa shape index (κ3) is 1.95. The molecule has 10 heavy (non-hydrogen) atoms. The van der Waals surface area contributed by atoms with Gasteiger partial charge < -0.3 is 0 Å². The van der Waals surface area contributed by atoms with E-state index >= 15 is 0 Å². The summed E-state index contributed by atoms with van der Waals surface area (Å²) in [6, 6.07) is 0. The Kier molecular flexibility index (Phi) is 2.62. The van der Waals surface area contributed by atoms with E-state index in [1.165, 1.54) is 4.80 Å². The first kappa shape index (κ1) is 7.47. The fourth-order valence-electron chi connectivity index (χ4n) is 0.491. The Balaban J connectivity index is 2.64. The molecular formula is C5H5IN4. The lowest BCUT2D eigenvalue weighted by Gasteiger charge is -1.84. The predicted octanol–water partition coefficient (Wildman–Crippen LogP) is 0.377. The van der Waals surface area contributed by atoms with Gasteiger partial charge in [-0.05, 0) is 16.1 Å². The number of aromatic nitrogens is 4. The first-order valence-electron chi connectivity index (χ1n) is 2.66. The van der Waals surface area contributed by atoms with Crippen LogP contribution in [0.1, 0.15) is 5.82 Å². The third-order valence-electron chi connectivity index (χ3n) is 0.840.